The van der Waals surface area contributed by atoms with Gasteiger partial charge in [0.25, 0.3) is 0 Å². The monoisotopic (exact) mass is 396 g/mol. The lowest BCUT2D eigenvalue weighted by Crippen LogP contribution is -2.39. The molecule has 4 aromatic rings. The van der Waals surface area contributed by atoms with E-state index in [4.69, 9.17) is 9.72 Å². The Labute approximate surface area is 178 Å². The summed E-state index contributed by atoms with van der Waals surface area (Å²) in [6, 6.07) is 25.4. The van der Waals surface area contributed by atoms with E-state index in [0.29, 0.717) is 18.4 Å². The van der Waals surface area contributed by atoms with Crippen molar-refractivity contribution in [3.63, 3.8) is 0 Å². The van der Waals surface area contributed by atoms with E-state index in [-0.39, 0.29) is 0 Å². The number of pyridine rings is 1. The summed E-state index contributed by atoms with van der Waals surface area (Å²) in [5.74, 6) is 3.30. The van der Waals surface area contributed by atoms with Crippen molar-refractivity contribution in [1.82, 2.24) is 4.98 Å². The average Bonchev–Trinajstić information content (AvgIpc) is 2.76. The largest absolute Gasteiger partial charge is 0.487 e. The van der Waals surface area contributed by atoms with E-state index in [2.05, 4.69) is 79.4 Å². The van der Waals surface area contributed by atoms with Crippen molar-refractivity contribution < 1.29 is 4.74 Å². The highest BCUT2D eigenvalue weighted by Crippen LogP contribution is 2.30. The SMILES string of the molecule is CC1CC(C)CN(c2ccc3cccc(OCc4cccc5ccccc45)c3n2)C1. The van der Waals surface area contributed by atoms with E-state index >= 15 is 0 Å². The molecule has 30 heavy (non-hydrogen) atoms. The number of rotatable bonds is 4. The van der Waals surface area contributed by atoms with E-state index in [1.165, 1.54) is 22.8 Å². The number of piperidine rings is 1. The maximum absolute atomic E-state index is 6.32. The van der Waals surface area contributed by atoms with Crippen LogP contribution in [0, 0.1) is 11.8 Å². The van der Waals surface area contributed by atoms with Gasteiger partial charge in [0, 0.05) is 18.5 Å². The number of aromatic nitrogens is 1. The fourth-order valence-corrected chi connectivity index (χ4v) is 4.83. The van der Waals surface area contributed by atoms with Crippen LogP contribution in [-0.4, -0.2) is 18.1 Å². The van der Waals surface area contributed by atoms with Gasteiger partial charge in [-0.2, -0.15) is 0 Å². The van der Waals surface area contributed by atoms with Crippen molar-refractivity contribution in [2.75, 3.05) is 18.0 Å². The zero-order chi connectivity index (χ0) is 20.5. The van der Waals surface area contributed by atoms with Gasteiger partial charge < -0.3 is 9.64 Å². The minimum Gasteiger partial charge on any atom is -0.487 e. The normalized spacial score (nSPS) is 19.3. The molecular weight excluding hydrogens is 368 g/mol. The van der Waals surface area contributed by atoms with Crippen molar-refractivity contribution in [2.45, 2.75) is 26.9 Å². The first-order valence-electron chi connectivity index (χ1n) is 10.9. The number of hydrogen-bond donors (Lipinski definition) is 0. The molecule has 0 saturated carbocycles. The number of benzene rings is 3. The Bertz CT molecular complexity index is 1170. The molecule has 1 fully saturated rings. The highest BCUT2D eigenvalue weighted by molar-refractivity contribution is 5.87. The fraction of sp³-hybridized carbons (Fsp3) is 0.296. The van der Waals surface area contributed by atoms with Crippen LogP contribution in [0.1, 0.15) is 25.8 Å². The number of nitrogens with zero attached hydrogens (tertiary/aromatic N) is 2. The molecule has 1 aliphatic heterocycles. The summed E-state index contributed by atoms with van der Waals surface area (Å²) in [5.41, 5.74) is 2.14. The number of fused-ring (bicyclic) bond motifs is 2. The van der Waals surface area contributed by atoms with Crippen LogP contribution in [0.15, 0.2) is 72.8 Å². The topological polar surface area (TPSA) is 25.4 Å². The van der Waals surface area contributed by atoms with Crippen LogP contribution in [0.25, 0.3) is 21.7 Å². The molecule has 0 amide bonds. The minimum absolute atomic E-state index is 0.532. The Morgan fingerprint density at radius 3 is 2.43 bits per heavy atom. The van der Waals surface area contributed by atoms with Gasteiger partial charge in [0.05, 0.1) is 0 Å². The predicted octanol–water partition coefficient (Wildman–Crippen LogP) is 6.45. The molecule has 1 saturated heterocycles. The zero-order valence-electron chi connectivity index (χ0n) is 17.7. The Morgan fingerprint density at radius 2 is 1.57 bits per heavy atom. The molecule has 2 heterocycles. The lowest BCUT2D eigenvalue weighted by Gasteiger charge is -2.35. The van der Waals surface area contributed by atoms with Crippen molar-refractivity contribution in [1.29, 1.82) is 0 Å². The first-order chi connectivity index (χ1) is 14.7. The molecular formula is C27H28N2O. The molecule has 2 unspecified atom stereocenters. The van der Waals surface area contributed by atoms with Gasteiger partial charge in [-0.25, -0.2) is 4.98 Å². The molecule has 0 bridgehead atoms. The third kappa shape index (κ3) is 3.72. The van der Waals surface area contributed by atoms with Crippen molar-refractivity contribution >= 4 is 27.5 Å². The highest BCUT2D eigenvalue weighted by Gasteiger charge is 2.23. The van der Waals surface area contributed by atoms with E-state index < -0.39 is 0 Å². The Hall–Kier alpha value is -3.07. The molecule has 3 aromatic carbocycles. The van der Waals surface area contributed by atoms with Crippen LogP contribution in [0.4, 0.5) is 5.82 Å². The first-order valence-corrected chi connectivity index (χ1v) is 10.9. The summed E-state index contributed by atoms with van der Waals surface area (Å²) >= 11 is 0. The number of hydrogen-bond acceptors (Lipinski definition) is 3. The lowest BCUT2D eigenvalue weighted by molar-refractivity contribution is 0.311. The Morgan fingerprint density at radius 1 is 0.833 bits per heavy atom. The number of para-hydroxylation sites is 1. The minimum atomic E-state index is 0.532. The van der Waals surface area contributed by atoms with Gasteiger partial charge >= 0.3 is 0 Å². The summed E-state index contributed by atoms with van der Waals surface area (Å²) < 4.78 is 6.32. The number of anilines is 1. The molecule has 0 radical (unpaired) electrons. The molecule has 3 nitrogen and oxygen atoms in total. The smallest absolute Gasteiger partial charge is 0.146 e. The molecule has 2 atom stereocenters. The van der Waals surface area contributed by atoms with Crippen LogP contribution >= 0.6 is 0 Å². The van der Waals surface area contributed by atoms with Gasteiger partial charge in [-0.15, -0.1) is 0 Å². The van der Waals surface area contributed by atoms with E-state index in [1.54, 1.807) is 0 Å². The number of ether oxygens (including phenoxy) is 1. The summed E-state index contributed by atoms with van der Waals surface area (Å²) in [4.78, 5) is 7.47. The van der Waals surface area contributed by atoms with Crippen molar-refractivity contribution in [3.05, 3.63) is 78.4 Å². The predicted molar refractivity (Wildman–Crippen MR) is 125 cm³/mol. The quantitative estimate of drug-likeness (QED) is 0.396. The van der Waals surface area contributed by atoms with E-state index in [9.17, 15) is 0 Å². The van der Waals surface area contributed by atoms with Gasteiger partial charge in [-0.1, -0.05) is 68.4 Å². The van der Waals surface area contributed by atoms with Crippen LogP contribution in [0.5, 0.6) is 5.75 Å². The van der Waals surface area contributed by atoms with Crippen LogP contribution in [0.3, 0.4) is 0 Å². The fourth-order valence-electron chi connectivity index (χ4n) is 4.83. The van der Waals surface area contributed by atoms with Gasteiger partial charge in [0.15, 0.2) is 0 Å². The highest BCUT2D eigenvalue weighted by atomic mass is 16.5. The van der Waals surface area contributed by atoms with Crippen molar-refractivity contribution in [2.24, 2.45) is 11.8 Å². The Kier molecular flexibility index (Phi) is 5.04. The molecule has 1 aromatic heterocycles. The average molecular weight is 397 g/mol. The third-order valence-electron chi connectivity index (χ3n) is 6.12. The van der Waals surface area contributed by atoms with Gasteiger partial charge in [0.2, 0.25) is 0 Å². The third-order valence-corrected chi connectivity index (χ3v) is 6.12. The molecule has 1 aliphatic rings. The van der Waals surface area contributed by atoms with Gasteiger partial charge in [0.1, 0.15) is 23.7 Å². The maximum atomic E-state index is 6.32. The van der Waals surface area contributed by atoms with E-state index in [0.717, 1.165) is 35.6 Å². The lowest BCUT2D eigenvalue weighted by atomic mass is 9.92. The maximum Gasteiger partial charge on any atom is 0.146 e. The molecule has 3 heteroatoms. The summed E-state index contributed by atoms with van der Waals surface area (Å²) in [6.45, 7) is 7.35. The summed E-state index contributed by atoms with van der Waals surface area (Å²) in [7, 11) is 0. The Balaban J connectivity index is 1.45. The molecule has 152 valence electrons. The van der Waals surface area contributed by atoms with Crippen LogP contribution < -0.4 is 9.64 Å². The van der Waals surface area contributed by atoms with Crippen molar-refractivity contribution in [3.8, 4) is 5.75 Å². The van der Waals surface area contributed by atoms with Gasteiger partial charge in [-0.3, -0.25) is 0 Å². The zero-order valence-corrected chi connectivity index (χ0v) is 17.7. The summed E-state index contributed by atoms with van der Waals surface area (Å²) in [5, 5.41) is 3.60. The van der Waals surface area contributed by atoms with Gasteiger partial charge in [-0.05, 0) is 52.8 Å². The second-order valence-electron chi connectivity index (χ2n) is 8.78. The summed E-state index contributed by atoms with van der Waals surface area (Å²) in [6.07, 6.45) is 1.30. The second-order valence-corrected chi connectivity index (χ2v) is 8.78. The first kappa shape index (κ1) is 18.9. The molecule has 5 rings (SSSR count). The van der Waals surface area contributed by atoms with Crippen LogP contribution in [0.2, 0.25) is 0 Å². The molecule has 0 N–H and O–H groups in total. The van der Waals surface area contributed by atoms with Crippen LogP contribution in [-0.2, 0) is 6.61 Å². The molecule has 0 spiro atoms. The molecule has 0 aliphatic carbocycles. The standard InChI is InChI=1S/C27H28N2O/c1-19-15-20(2)17-29(16-19)26-14-13-22-9-6-12-25(27(22)28-26)30-18-23-10-5-8-21-7-3-4-11-24(21)23/h3-14,19-20H,15-18H2,1-2H3. The van der Waals surface area contributed by atoms with E-state index in [1.807, 2.05) is 12.1 Å². The second kappa shape index (κ2) is 7.98.